The highest BCUT2D eigenvalue weighted by Gasteiger charge is 2.08. The zero-order valence-electron chi connectivity index (χ0n) is 15.3. The van der Waals surface area contributed by atoms with Gasteiger partial charge in [-0.2, -0.15) is 0 Å². The fraction of sp³-hybridized carbons (Fsp3) is 0.190. The van der Waals surface area contributed by atoms with Crippen molar-refractivity contribution in [2.75, 3.05) is 10.6 Å². The van der Waals surface area contributed by atoms with Crippen LogP contribution < -0.4 is 16.2 Å². The molecule has 2 N–H and O–H groups in total. The predicted molar refractivity (Wildman–Crippen MR) is 107 cm³/mol. The van der Waals surface area contributed by atoms with Gasteiger partial charge in [-0.15, -0.1) is 0 Å². The van der Waals surface area contributed by atoms with Crippen LogP contribution in [0.1, 0.15) is 25.5 Å². The Hall–Kier alpha value is -3.41. The first-order valence-electron chi connectivity index (χ1n) is 8.79. The van der Waals surface area contributed by atoms with Crippen LogP contribution in [0.2, 0.25) is 0 Å². The molecule has 0 saturated carbocycles. The van der Waals surface area contributed by atoms with E-state index >= 15 is 0 Å². The van der Waals surface area contributed by atoms with Gasteiger partial charge in [0.2, 0.25) is 5.91 Å². The Morgan fingerprint density at radius 2 is 1.63 bits per heavy atom. The molecule has 0 radical (unpaired) electrons. The Bertz CT molecular complexity index is 963. The quantitative estimate of drug-likeness (QED) is 0.700. The molecule has 1 amide bonds. The lowest BCUT2D eigenvalue weighted by Crippen LogP contribution is -2.28. The van der Waals surface area contributed by atoms with Crippen LogP contribution in [-0.4, -0.2) is 15.5 Å². The molecule has 6 nitrogen and oxygen atoms in total. The van der Waals surface area contributed by atoms with Gasteiger partial charge >= 0.3 is 0 Å². The Balaban J connectivity index is 1.60. The first-order chi connectivity index (χ1) is 13.0. The van der Waals surface area contributed by atoms with Crippen molar-refractivity contribution in [3.05, 3.63) is 83.0 Å². The van der Waals surface area contributed by atoms with Crippen molar-refractivity contribution >= 4 is 23.0 Å². The zero-order valence-corrected chi connectivity index (χ0v) is 15.3. The number of anilines is 3. The van der Waals surface area contributed by atoms with Gasteiger partial charge < -0.3 is 10.6 Å². The van der Waals surface area contributed by atoms with E-state index in [1.807, 2.05) is 68.4 Å². The number of benzene rings is 2. The average molecular weight is 362 g/mol. The van der Waals surface area contributed by atoms with E-state index in [9.17, 15) is 9.59 Å². The van der Waals surface area contributed by atoms with Crippen LogP contribution in [0.3, 0.4) is 0 Å². The van der Waals surface area contributed by atoms with E-state index in [2.05, 4.69) is 15.6 Å². The second kappa shape index (κ2) is 8.31. The van der Waals surface area contributed by atoms with Crippen molar-refractivity contribution < 1.29 is 4.79 Å². The number of nitrogens with zero attached hydrogens (tertiary/aromatic N) is 2. The average Bonchev–Trinajstić information content (AvgIpc) is 2.65. The number of aromatic nitrogens is 2. The van der Waals surface area contributed by atoms with E-state index in [1.165, 1.54) is 17.0 Å². The normalized spacial score (nSPS) is 10.6. The Morgan fingerprint density at radius 3 is 2.26 bits per heavy atom. The third kappa shape index (κ3) is 5.04. The summed E-state index contributed by atoms with van der Waals surface area (Å²) in [5, 5.41) is 6.07. The Labute approximate surface area is 157 Å². The van der Waals surface area contributed by atoms with Crippen LogP contribution in [-0.2, 0) is 11.3 Å². The minimum Gasteiger partial charge on any atom is -0.356 e. The van der Waals surface area contributed by atoms with Crippen molar-refractivity contribution in [3.8, 4) is 0 Å². The predicted octanol–water partition coefficient (Wildman–Crippen LogP) is 3.75. The lowest BCUT2D eigenvalue weighted by molar-refractivity contribution is -0.116. The number of carbonyl (C=O) groups is 1. The summed E-state index contributed by atoms with van der Waals surface area (Å²) >= 11 is 0. The number of para-hydroxylation sites is 1. The van der Waals surface area contributed by atoms with E-state index < -0.39 is 0 Å². The molecule has 0 aliphatic rings. The van der Waals surface area contributed by atoms with Gasteiger partial charge in [0.1, 0.15) is 6.54 Å². The molecular weight excluding hydrogens is 340 g/mol. The molecular formula is C21H22N4O2. The molecule has 2 aromatic carbocycles. The summed E-state index contributed by atoms with van der Waals surface area (Å²) in [6, 6.07) is 18.7. The van der Waals surface area contributed by atoms with Gasteiger partial charge in [-0.05, 0) is 42.3 Å². The van der Waals surface area contributed by atoms with Gasteiger partial charge in [0.25, 0.3) is 5.56 Å². The summed E-state index contributed by atoms with van der Waals surface area (Å²) < 4.78 is 1.30. The second-order valence-corrected chi connectivity index (χ2v) is 6.55. The lowest BCUT2D eigenvalue weighted by atomic mass is 10.1. The summed E-state index contributed by atoms with van der Waals surface area (Å²) in [5.41, 5.74) is 3.07. The van der Waals surface area contributed by atoms with Crippen LogP contribution in [0.5, 0.6) is 0 Å². The van der Waals surface area contributed by atoms with Crippen molar-refractivity contribution in [3.63, 3.8) is 0 Å². The number of carbonyl (C=O) groups excluding carboxylic acids is 1. The van der Waals surface area contributed by atoms with Crippen LogP contribution in [0, 0.1) is 0 Å². The maximum Gasteiger partial charge on any atom is 0.254 e. The first-order valence-corrected chi connectivity index (χ1v) is 8.79. The molecule has 138 valence electrons. The molecule has 0 fully saturated rings. The Morgan fingerprint density at radius 1 is 1.00 bits per heavy atom. The van der Waals surface area contributed by atoms with Gasteiger partial charge in [-0.3, -0.25) is 14.2 Å². The minimum absolute atomic E-state index is 0.0752. The van der Waals surface area contributed by atoms with E-state index in [0.717, 1.165) is 17.1 Å². The molecule has 3 rings (SSSR count). The van der Waals surface area contributed by atoms with Gasteiger partial charge in [0.15, 0.2) is 0 Å². The number of hydrogen-bond acceptors (Lipinski definition) is 4. The molecule has 0 atom stereocenters. The highest BCUT2D eigenvalue weighted by Crippen LogP contribution is 2.18. The van der Waals surface area contributed by atoms with Gasteiger partial charge in [0, 0.05) is 23.1 Å². The summed E-state index contributed by atoms with van der Waals surface area (Å²) in [6.45, 7) is 3.86. The molecule has 3 aromatic rings. The smallest absolute Gasteiger partial charge is 0.254 e. The van der Waals surface area contributed by atoms with Crippen molar-refractivity contribution in [1.82, 2.24) is 9.55 Å². The topological polar surface area (TPSA) is 76.0 Å². The third-order valence-electron chi connectivity index (χ3n) is 4.04. The van der Waals surface area contributed by atoms with Crippen molar-refractivity contribution in [2.45, 2.75) is 26.3 Å². The van der Waals surface area contributed by atoms with Crippen LogP contribution in [0.4, 0.5) is 17.1 Å². The monoisotopic (exact) mass is 362 g/mol. The molecule has 0 saturated heterocycles. The summed E-state index contributed by atoms with van der Waals surface area (Å²) in [7, 11) is 0. The molecule has 1 heterocycles. The summed E-state index contributed by atoms with van der Waals surface area (Å²) in [5.74, 6) is -0.107. The third-order valence-corrected chi connectivity index (χ3v) is 4.04. The molecule has 0 aliphatic carbocycles. The standard InChI is InChI=1S/C21H22N4O2/c1-15(2)19-12-21(27)25(14-22-19)13-20(26)24-18-10-8-17(9-11-18)23-16-6-4-3-5-7-16/h3-12,14-15,23H,13H2,1-2H3,(H,24,26). The SMILES string of the molecule is CC(C)c1cc(=O)n(CC(=O)Nc2ccc(Nc3ccccc3)cc2)cn1. The molecule has 0 bridgehead atoms. The second-order valence-electron chi connectivity index (χ2n) is 6.55. The van der Waals surface area contributed by atoms with Gasteiger partial charge in [-0.1, -0.05) is 32.0 Å². The number of amides is 1. The van der Waals surface area contributed by atoms with E-state index in [4.69, 9.17) is 0 Å². The maximum atomic E-state index is 12.2. The molecule has 6 heteroatoms. The lowest BCUT2D eigenvalue weighted by Gasteiger charge is -2.10. The molecule has 0 spiro atoms. The van der Waals surface area contributed by atoms with Crippen LogP contribution in [0.15, 0.2) is 71.8 Å². The molecule has 0 unspecified atom stereocenters. The van der Waals surface area contributed by atoms with E-state index in [1.54, 1.807) is 0 Å². The van der Waals surface area contributed by atoms with Gasteiger partial charge in [-0.25, -0.2) is 4.98 Å². The highest BCUT2D eigenvalue weighted by molar-refractivity contribution is 5.90. The molecule has 0 aliphatic heterocycles. The zero-order chi connectivity index (χ0) is 19.2. The number of nitrogens with one attached hydrogen (secondary N) is 2. The fourth-order valence-electron chi connectivity index (χ4n) is 2.55. The van der Waals surface area contributed by atoms with Crippen LogP contribution >= 0.6 is 0 Å². The highest BCUT2D eigenvalue weighted by atomic mass is 16.2. The number of rotatable bonds is 6. The minimum atomic E-state index is -0.278. The van der Waals surface area contributed by atoms with Crippen molar-refractivity contribution in [1.29, 1.82) is 0 Å². The fourth-order valence-corrected chi connectivity index (χ4v) is 2.55. The first kappa shape index (κ1) is 18.4. The van der Waals surface area contributed by atoms with E-state index in [0.29, 0.717) is 5.69 Å². The van der Waals surface area contributed by atoms with Crippen LogP contribution in [0.25, 0.3) is 0 Å². The maximum absolute atomic E-state index is 12.2. The molecule has 27 heavy (non-hydrogen) atoms. The Kier molecular flexibility index (Phi) is 5.66. The summed E-state index contributed by atoms with van der Waals surface area (Å²) in [6.07, 6.45) is 1.42. The van der Waals surface area contributed by atoms with Gasteiger partial charge in [0.05, 0.1) is 12.0 Å². The largest absolute Gasteiger partial charge is 0.356 e. The van der Waals surface area contributed by atoms with Crippen molar-refractivity contribution in [2.24, 2.45) is 0 Å². The molecule has 1 aromatic heterocycles. The summed E-state index contributed by atoms with van der Waals surface area (Å²) in [4.78, 5) is 28.5. The number of hydrogen-bond donors (Lipinski definition) is 2. The van der Waals surface area contributed by atoms with E-state index in [-0.39, 0.29) is 23.9 Å².